The summed E-state index contributed by atoms with van der Waals surface area (Å²) in [4.78, 5) is 55.5. The molecule has 3 aromatic carbocycles. The van der Waals surface area contributed by atoms with Crippen LogP contribution < -0.4 is 5.32 Å². The van der Waals surface area contributed by atoms with Crippen molar-refractivity contribution < 1.29 is 19.2 Å². The van der Waals surface area contributed by atoms with E-state index in [4.69, 9.17) is 0 Å². The van der Waals surface area contributed by atoms with Crippen LogP contribution in [-0.4, -0.2) is 28.2 Å². The van der Waals surface area contributed by atoms with Crippen LogP contribution in [0.15, 0.2) is 97.3 Å². The number of carbonyl (C=O) groups is 4. The highest BCUT2D eigenvalue weighted by Crippen LogP contribution is 2.30. The van der Waals surface area contributed by atoms with E-state index in [-0.39, 0.29) is 39.9 Å². The average Bonchev–Trinajstić information content (AvgIpc) is 2.93. The molecule has 36 heavy (non-hydrogen) atoms. The molecule has 0 spiro atoms. The van der Waals surface area contributed by atoms with Crippen LogP contribution in [0.25, 0.3) is 6.08 Å². The van der Waals surface area contributed by atoms with Gasteiger partial charge in [0.15, 0.2) is 17.3 Å². The largest absolute Gasteiger partial charge is 0.348 e. The minimum Gasteiger partial charge on any atom is -0.348 e. The Morgan fingerprint density at radius 2 is 1.50 bits per heavy atom. The van der Waals surface area contributed by atoms with Gasteiger partial charge >= 0.3 is 0 Å². The van der Waals surface area contributed by atoms with Crippen molar-refractivity contribution in [3.05, 3.63) is 142 Å². The van der Waals surface area contributed by atoms with E-state index >= 15 is 0 Å². The molecule has 0 saturated heterocycles. The summed E-state index contributed by atoms with van der Waals surface area (Å²) >= 11 is 0. The summed E-state index contributed by atoms with van der Waals surface area (Å²) in [6.45, 7) is 0.371. The van der Waals surface area contributed by atoms with Gasteiger partial charge in [0.1, 0.15) is 0 Å². The summed E-state index contributed by atoms with van der Waals surface area (Å²) in [5.74, 6) is -1.20. The predicted molar refractivity (Wildman–Crippen MR) is 135 cm³/mol. The number of ketones is 3. The smallest absolute Gasteiger partial charge is 0.251 e. The highest BCUT2D eigenvalue weighted by Gasteiger charge is 2.32. The van der Waals surface area contributed by atoms with E-state index in [0.717, 1.165) is 5.56 Å². The van der Waals surface area contributed by atoms with Gasteiger partial charge in [0, 0.05) is 52.3 Å². The van der Waals surface area contributed by atoms with Crippen molar-refractivity contribution in [1.82, 2.24) is 10.3 Å². The van der Waals surface area contributed by atoms with Gasteiger partial charge in [-0.3, -0.25) is 24.2 Å². The molecule has 4 aromatic rings. The van der Waals surface area contributed by atoms with Crippen molar-refractivity contribution in [2.45, 2.75) is 6.54 Å². The number of rotatable bonds is 6. The molecule has 0 unspecified atom stereocenters. The third-order valence-electron chi connectivity index (χ3n) is 5.99. The van der Waals surface area contributed by atoms with Gasteiger partial charge < -0.3 is 5.32 Å². The maximum Gasteiger partial charge on any atom is 0.251 e. The number of pyridine rings is 1. The summed E-state index contributed by atoms with van der Waals surface area (Å²) in [7, 11) is 0. The molecule has 6 heteroatoms. The molecule has 0 saturated carbocycles. The highest BCUT2D eigenvalue weighted by molar-refractivity contribution is 6.31. The summed E-state index contributed by atoms with van der Waals surface area (Å²) in [6.07, 6.45) is 6.34. The summed E-state index contributed by atoms with van der Waals surface area (Å²) < 4.78 is 0. The minimum absolute atomic E-state index is 0.136. The second-order valence-corrected chi connectivity index (χ2v) is 8.30. The Morgan fingerprint density at radius 3 is 2.22 bits per heavy atom. The van der Waals surface area contributed by atoms with Crippen LogP contribution in [0.2, 0.25) is 0 Å². The van der Waals surface area contributed by atoms with Gasteiger partial charge in [0.2, 0.25) is 0 Å². The Kier molecular flexibility index (Phi) is 6.16. The predicted octanol–water partition coefficient (Wildman–Crippen LogP) is 4.68. The molecule has 0 fully saturated rings. The van der Waals surface area contributed by atoms with Gasteiger partial charge in [-0.25, -0.2) is 0 Å². The number of aromatic nitrogens is 1. The first-order valence-electron chi connectivity index (χ1n) is 11.3. The Hall–Kier alpha value is -4.97. The van der Waals surface area contributed by atoms with Crippen molar-refractivity contribution in [3.8, 4) is 0 Å². The SMILES string of the molecule is O=C(NCc1cccnc1)c1ccc(/C=C/C(=O)c2cccc3c2C(=O)c2ccccc2C3=O)cc1. The third-order valence-corrected chi connectivity index (χ3v) is 5.99. The van der Waals surface area contributed by atoms with Crippen LogP contribution in [0.4, 0.5) is 0 Å². The minimum atomic E-state index is -0.384. The topological polar surface area (TPSA) is 93.2 Å². The molecule has 174 valence electrons. The van der Waals surface area contributed by atoms with E-state index in [1.807, 2.05) is 12.1 Å². The van der Waals surface area contributed by atoms with Crippen molar-refractivity contribution in [2.75, 3.05) is 0 Å². The van der Waals surface area contributed by atoms with Crippen LogP contribution in [-0.2, 0) is 6.54 Å². The molecule has 0 radical (unpaired) electrons. The van der Waals surface area contributed by atoms with Gasteiger partial charge in [-0.05, 0) is 35.4 Å². The van der Waals surface area contributed by atoms with Crippen molar-refractivity contribution in [1.29, 1.82) is 0 Å². The molecule has 1 N–H and O–H groups in total. The van der Waals surface area contributed by atoms with Gasteiger partial charge in [-0.1, -0.05) is 66.7 Å². The zero-order chi connectivity index (χ0) is 25.1. The molecule has 1 aliphatic rings. The third kappa shape index (κ3) is 4.40. The number of nitrogens with one attached hydrogen (secondary N) is 1. The molecule has 1 amide bonds. The molecule has 1 aliphatic carbocycles. The second kappa shape index (κ2) is 9.72. The number of benzene rings is 3. The molecule has 0 bridgehead atoms. The van der Waals surface area contributed by atoms with Gasteiger partial charge in [-0.15, -0.1) is 0 Å². The van der Waals surface area contributed by atoms with Gasteiger partial charge in [-0.2, -0.15) is 0 Å². The molecule has 0 atom stereocenters. The quantitative estimate of drug-likeness (QED) is 0.286. The zero-order valence-electron chi connectivity index (χ0n) is 19.1. The normalized spacial score (nSPS) is 12.2. The van der Waals surface area contributed by atoms with Crippen molar-refractivity contribution >= 4 is 29.3 Å². The lowest BCUT2D eigenvalue weighted by atomic mass is 9.81. The molecule has 6 nitrogen and oxygen atoms in total. The van der Waals surface area contributed by atoms with Crippen molar-refractivity contribution in [3.63, 3.8) is 0 Å². The molecule has 1 aromatic heterocycles. The fraction of sp³-hybridized carbons (Fsp3) is 0.0333. The van der Waals surface area contributed by atoms with E-state index in [2.05, 4.69) is 10.3 Å². The average molecular weight is 473 g/mol. The maximum atomic E-state index is 13.1. The maximum absolute atomic E-state index is 13.1. The standard InChI is InChI=1S/C30H20N2O4/c33-26(24-8-3-9-25-27(24)29(35)23-7-2-1-6-22(23)28(25)34)15-12-19-10-13-21(14-11-19)30(36)32-18-20-5-4-16-31-17-20/h1-17H,18H2,(H,32,36)/b15-12+. The monoisotopic (exact) mass is 472 g/mol. The Morgan fingerprint density at radius 1 is 0.778 bits per heavy atom. The first kappa shape index (κ1) is 22.8. The van der Waals surface area contributed by atoms with E-state index in [1.54, 1.807) is 85.2 Å². The lowest BCUT2D eigenvalue weighted by molar-refractivity contribution is 0.0949. The van der Waals surface area contributed by atoms with Gasteiger partial charge in [0.25, 0.3) is 5.91 Å². The highest BCUT2D eigenvalue weighted by atomic mass is 16.2. The Balaban J connectivity index is 1.31. The zero-order valence-corrected chi connectivity index (χ0v) is 19.1. The Labute approximate surface area is 207 Å². The van der Waals surface area contributed by atoms with Crippen LogP contribution in [0.5, 0.6) is 0 Å². The van der Waals surface area contributed by atoms with E-state index < -0.39 is 0 Å². The van der Waals surface area contributed by atoms with Crippen LogP contribution in [0, 0.1) is 0 Å². The number of allylic oxidation sites excluding steroid dienone is 1. The van der Waals surface area contributed by atoms with E-state index in [9.17, 15) is 19.2 Å². The molecule has 0 aliphatic heterocycles. The Bertz CT molecular complexity index is 1540. The van der Waals surface area contributed by atoms with Crippen molar-refractivity contribution in [2.24, 2.45) is 0 Å². The fourth-order valence-corrected chi connectivity index (χ4v) is 4.14. The first-order chi connectivity index (χ1) is 17.5. The number of carbonyl (C=O) groups excluding carboxylic acids is 4. The number of fused-ring (bicyclic) bond motifs is 2. The van der Waals surface area contributed by atoms with Crippen LogP contribution in [0.3, 0.4) is 0 Å². The molecule has 1 heterocycles. The number of hydrogen-bond donors (Lipinski definition) is 1. The lowest BCUT2D eigenvalue weighted by Gasteiger charge is -2.19. The molecular formula is C30H20N2O4. The first-order valence-corrected chi connectivity index (χ1v) is 11.3. The number of amides is 1. The van der Waals surface area contributed by atoms with E-state index in [1.165, 1.54) is 6.08 Å². The second-order valence-electron chi connectivity index (χ2n) is 8.30. The van der Waals surface area contributed by atoms with Crippen LogP contribution in [0.1, 0.15) is 63.7 Å². The van der Waals surface area contributed by atoms with Gasteiger partial charge in [0.05, 0.1) is 0 Å². The summed E-state index contributed by atoms with van der Waals surface area (Å²) in [5.41, 5.74) is 3.30. The number of nitrogens with zero attached hydrogens (tertiary/aromatic N) is 1. The molecular weight excluding hydrogens is 452 g/mol. The summed E-state index contributed by atoms with van der Waals surface area (Å²) in [6, 6.07) is 21.9. The molecule has 5 rings (SSSR count). The fourth-order valence-electron chi connectivity index (χ4n) is 4.14. The lowest BCUT2D eigenvalue weighted by Crippen LogP contribution is -2.23. The van der Waals surface area contributed by atoms with Crippen LogP contribution >= 0.6 is 0 Å². The number of hydrogen-bond acceptors (Lipinski definition) is 5. The summed E-state index contributed by atoms with van der Waals surface area (Å²) in [5, 5.41) is 2.84. The van der Waals surface area contributed by atoms with E-state index in [0.29, 0.717) is 28.8 Å².